The molecular weight excluding hydrogens is 233 g/mol. The minimum atomic E-state index is -0.418. The monoisotopic (exact) mass is 241 g/mol. The van der Waals surface area contributed by atoms with Gasteiger partial charge in [-0.3, -0.25) is 0 Å². The van der Waals surface area contributed by atoms with Crippen molar-refractivity contribution in [3.63, 3.8) is 0 Å². The van der Waals surface area contributed by atoms with Crippen LogP contribution in [0.25, 0.3) is 0 Å². The summed E-state index contributed by atoms with van der Waals surface area (Å²) in [6.45, 7) is 0. The fourth-order valence-corrected chi connectivity index (χ4v) is 2.28. The molecule has 0 aliphatic heterocycles. The van der Waals surface area contributed by atoms with Crippen LogP contribution in [0.3, 0.4) is 0 Å². The number of halogens is 2. The maximum Gasteiger partial charge on any atom is 0.141 e. The van der Waals surface area contributed by atoms with Gasteiger partial charge in [0.15, 0.2) is 0 Å². The lowest BCUT2D eigenvalue weighted by molar-refractivity contribution is 0.627. The van der Waals surface area contributed by atoms with Crippen LogP contribution in [0.2, 0.25) is 5.02 Å². The Morgan fingerprint density at radius 3 is 2.73 bits per heavy atom. The van der Waals surface area contributed by atoms with E-state index < -0.39 is 5.82 Å². The molecule has 1 atom stereocenters. The molecule has 1 nitrogen and oxygen atoms in total. The Kier molecular flexibility index (Phi) is 3.05. The van der Waals surface area contributed by atoms with Crippen LogP contribution < -0.4 is 5.73 Å². The summed E-state index contributed by atoms with van der Waals surface area (Å²) in [5.41, 5.74) is 6.83. The lowest BCUT2D eigenvalue weighted by Crippen LogP contribution is -2.10. The minimum absolute atomic E-state index is 0.111. The van der Waals surface area contributed by atoms with Crippen molar-refractivity contribution in [2.45, 2.75) is 6.04 Å². The SMILES string of the molecule is N[C@H](c1ccc(F)c(Cl)c1)c1cccs1. The van der Waals surface area contributed by atoms with Crippen LogP contribution in [-0.2, 0) is 0 Å². The van der Waals surface area contributed by atoms with Crippen LogP contribution in [0.1, 0.15) is 16.5 Å². The van der Waals surface area contributed by atoms with Gasteiger partial charge in [-0.15, -0.1) is 11.3 Å². The number of hydrogen-bond acceptors (Lipinski definition) is 2. The van der Waals surface area contributed by atoms with Crippen molar-refractivity contribution in [3.8, 4) is 0 Å². The van der Waals surface area contributed by atoms with Gasteiger partial charge in [0.05, 0.1) is 11.1 Å². The van der Waals surface area contributed by atoms with Gasteiger partial charge in [0.1, 0.15) is 5.82 Å². The highest BCUT2D eigenvalue weighted by Crippen LogP contribution is 2.26. The van der Waals surface area contributed by atoms with Gasteiger partial charge >= 0.3 is 0 Å². The van der Waals surface area contributed by atoms with Crippen molar-refractivity contribution < 1.29 is 4.39 Å². The van der Waals surface area contributed by atoms with Crippen molar-refractivity contribution in [2.24, 2.45) is 5.73 Å². The molecule has 0 aliphatic rings. The molecular formula is C11H9ClFNS. The normalized spacial score (nSPS) is 12.7. The highest BCUT2D eigenvalue weighted by atomic mass is 35.5. The molecule has 1 aromatic carbocycles. The first-order chi connectivity index (χ1) is 7.18. The molecule has 2 rings (SSSR count). The predicted molar refractivity (Wildman–Crippen MR) is 61.8 cm³/mol. The zero-order valence-corrected chi connectivity index (χ0v) is 9.36. The Balaban J connectivity index is 2.34. The van der Waals surface area contributed by atoms with Gasteiger partial charge in [-0.25, -0.2) is 4.39 Å². The summed E-state index contributed by atoms with van der Waals surface area (Å²) in [6, 6.07) is 8.22. The summed E-state index contributed by atoms with van der Waals surface area (Å²) < 4.78 is 12.9. The zero-order valence-electron chi connectivity index (χ0n) is 7.78. The summed E-state index contributed by atoms with van der Waals surface area (Å²) in [5, 5.41) is 2.07. The fourth-order valence-electron chi connectivity index (χ4n) is 1.34. The lowest BCUT2D eigenvalue weighted by Gasteiger charge is -2.10. The zero-order chi connectivity index (χ0) is 10.8. The number of thiophene rings is 1. The average Bonchev–Trinajstić information content (AvgIpc) is 2.74. The third-order valence-electron chi connectivity index (χ3n) is 2.15. The molecule has 0 spiro atoms. The molecule has 15 heavy (non-hydrogen) atoms. The highest BCUT2D eigenvalue weighted by molar-refractivity contribution is 7.10. The molecule has 2 aromatic rings. The Morgan fingerprint density at radius 1 is 1.33 bits per heavy atom. The second kappa shape index (κ2) is 4.31. The molecule has 2 N–H and O–H groups in total. The number of hydrogen-bond donors (Lipinski definition) is 1. The van der Waals surface area contributed by atoms with Crippen LogP contribution in [0, 0.1) is 5.82 Å². The first kappa shape index (κ1) is 10.6. The fraction of sp³-hybridized carbons (Fsp3) is 0.0909. The molecule has 0 aliphatic carbocycles. The van der Waals surface area contributed by atoms with E-state index in [0.717, 1.165) is 10.4 Å². The van der Waals surface area contributed by atoms with E-state index in [2.05, 4.69) is 0 Å². The quantitative estimate of drug-likeness (QED) is 0.855. The predicted octanol–water partition coefficient (Wildman–Crippen LogP) is 3.59. The van der Waals surface area contributed by atoms with Crippen molar-refractivity contribution >= 4 is 22.9 Å². The highest BCUT2D eigenvalue weighted by Gasteiger charge is 2.11. The number of benzene rings is 1. The number of rotatable bonds is 2. The third kappa shape index (κ3) is 2.20. The maximum atomic E-state index is 12.9. The van der Waals surface area contributed by atoms with Crippen LogP contribution in [0.15, 0.2) is 35.7 Å². The van der Waals surface area contributed by atoms with E-state index in [1.54, 1.807) is 23.5 Å². The summed E-state index contributed by atoms with van der Waals surface area (Å²) in [6.07, 6.45) is 0. The van der Waals surface area contributed by atoms with Crippen molar-refractivity contribution in [3.05, 3.63) is 57.0 Å². The summed E-state index contributed by atoms with van der Waals surface area (Å²) in [7, 11) is 0. The van der Waals surface area contributed by atoms with Gasteiger partial charge < -0.3 is 5.73 Å². The van der Waals surface area contributed by atoms with Gasteiger partial charge in [-0.2, -0.15) is 0 Å². The maximum absolute atomic E-state index is 12.9. The topological polar surface area (TPSA) is 26.0 Å². The van der Waals surface area contributed by atoms with Crippen molar-refractivity contribution in [1.82, 2.24) is 0 Å². The van der Waals surface area contributed by atoms with E-state index in [9.17, 15) is 4.39 Å². The second-order valence-corrected chi connectivity index (χ2v) is 4.55. The molecule has 78 valence electrons. The smallest absolute Gasteiger partial charge is 0.141 e. The van der Waals surface area contributed by atoms with Crippen LogP contribution in [0.4, 0.5) is 4.39 Å². The Hall–Kier alpha value is -0.900. The summed E-state index contributed by atoms with van der Waals surface area (Å²) in [5.74, 6) is -0.418. The summed E-state index contributed by atoms with van der Waals surface area (Å²) >= 11 is 7.27. The van der Waals surface area contributed by atoms with Gasteiger partial charge in [-0.1, -0.05) is 23.7 Å². The van der Waals surface area contributed by atoms with E-state index >= 15 is 0 Å². The average molecular weight is 242 g/mol. The van der Waals surface area contributed by atoms with Gasteiger partial charge in [0.25, 0.3) is 0 Å². The molecule has 0 fully saturated rings. The third-order valence-corrected chi connectivity index (χ3v) is 3.40. The van der Waals surface area contributed by atoms with Gasteiger partial charge in [0, 0.05) is 4.88 Å². The van der Waals surface area contributed by atoms with Crippen LogP contribution >= 0.6 is 22.9 Å². The lowest BCUT2D eigenvalue weighted by atomic mass is 10.1. The van der Waals surface area contributed by atoms with Crippen molar-refractivity contribution in [2.75, 3.05) is 0 Å². The molecule has 0 unspecified atom stereocenters. The summed E-state index contributed by atoms with van der Waals surface area (Å²) in [4.78, 5) is 1.04. The Bertz CT molecular complexity index is 456. The Morgan fingerprint density at radius 2 is 2.13 bits per heavy atom. The van der Waals surface area contributed by atoms with Gasteiger partial charge in [0.2, 0.25) is 0 Å². The van der Waals surface area contributed by atoms with E-state index in [-0.39, 0.29) is 11.1 Å². The van der Waals surface area contributed by atoms with Gasteiger partial charge in [-0.05, 0) is 29.1 Å². The van der Waals surface area contributed by atoms with Crippen LogP contribution in [-0.4, -0.2) is 0 Å². The molecule has 0 radical (unpaired) electrons. The minimum Gasteiger partial charge on any atom is -0.320 e. The second-order valence-electron chi connectivity index (χ2n) is 3.17. The number of nitrogens with two attached hydrogens (primary N) is 1. The largest absolute Gasteiger partial charge is 0.320 e. The standard InChI is InChI=1S/C11H9ClFNS/c12-8-6-7(3-4-9(8)13)11(14)10-2-1-5-15-10/h1-6,11H,14H2/t11-/m1/s1. The van der Waals surface area contributed by atoms with E-state index in [4.69, 9.17) is 17.3 Å². The van der Waals surface area contributed by atoms with E-state index in [1.807, 2.05) is 17.5 Å². The first-order valence-electron chi connectivity index (χ1n) is 4.42. The van der Waals surface area contributed by atoms with E-state index in [0.29, 0.717) is 0 Å². The van der Waals surface area contributed by atoms with E-state index in [1.165, 1.54) is 6.07 Å². The molecule has 0 amide bonds. The Labute approximate surface area is 96.3 Å². The molecule has 0 saturated heterocycles. The molecule has 1 heterocycles. The van der Waals surface area contributed by atoms with Crippen molar-refractivity contribution in [1.29, 1.82) is 0 Å². The van der Waals surface area contributed by atoms with Crippen LogP contribution in [0.5, 0.6) is 0 Å². The molecule has 0 saturated carbocycles. The molecule has 0 bridgehead atoms. The molecule has 4 heteroatoms. The molecule has 1 aromatic heterocycles. The first-order valence-corrected chi connectivity index (χ1v) is 5.68.